The zero-order valence-corrected chi connectivity index (χ0v) is 14.2. The van der Waals surface area contributed by atoms with E-state index in [1.165, 1.54) is 5.57 Å². The number of allylic oxidation sites excluding steroid dienone is 1. The van der Waals surface area contributed by atoms with Gasteiger partial charge < -0.3 is 9.84 Å². The molecule has 0 fully saturated rings. The Hall–Kier alpha value is -2.06. The van der Waals surface area contributed by atoms with Gasteiger partial charge in [0.25, 0.3) is 0 Å². The van der Waals surface area contributed by atoms with E-state index in [2.05, 4.69) is 26.0 Å². The standard InChI is InChI=1S/C21H26O2/c1-4-16(5-2)14-20(18-12-9-13-19(15-18)23-3)21(22)17-10-7-6-8-11-17/h6-15,20-22H,4-5H2,1-3H3/t20-,21-/m0/s1. The fourth-order valence-corrected chi connectivity index (χ4v) is 2.82. The molecule has 2 aromatic carbocycles. The molecule has 0 unspecified atom stereocenters. The highest BCUT2D eigenvalue weighted by Crippen LogP contribution is 2.35. The summed E-state index contributed by atoms with van der Waals surface area (Å²) in [6.45, 7) is 4.32. The number of rotatable bonds is 7. The fraction of sp³-hybridized carbons (Fsp3) is 0.333. The van der Waals surface area contributed by atoms with Crippen molar-refractivity contribution in [1.82, 2.24) is 0 Å². The third-order valence-corrected chi connectivity index (χ3v) is 4.28. The second-order valence-corrected chi connectivity index (χ2v) is 5.69. The minimum absolute atomic E-state index is 0.0811. The Morgan fingerprint density at radius 2 is 1.65 bits per heavy atom. The molecule has 2 aromatic rings. The van der Waals surface area contributed by atoms with Crippen molar-refractivity contribution < 1.29 is 9.84 Å². The van der Waals surface area contributed by atoms with Crippen LogP contribution in [-0.2, 0) is 0 Å². The summed E-state index contributed by atoms with van der Waals surface area (Å²) in [7, 11) is 1.67. The van der Waals surface area contributed by atoms with Gasteiger partial charge in [0.15, 0.2) is 0 Å². The highest BCUT2D eigenvalue weighted by Gasteiger charge is 2.21. The Morgan fingerprint density at radius 1 is 1.00 bits per heavy atom. The van der Waals surface area contributed by atoms with Crippen molar-refractivity contribution in [2.75, 3.05) is 7.11 Å². The van der Waals surface area contributed by atoms with E-state index in [4.69, 9.17) is 4.74 Å². The summed E-state index contributed by atoms with van der Waals surface area (Å²) in [6, 6.07) is 17.8. The molecular weight excluding hydrogens is 284 g/mol. The zero-order chi connectivity index (χ0) is 16.7. The third kappa shape index (κ3) is 4.46. The Labute approximate surface area is 139 Å². The molecule has 0 spiro atoms. The van der Waals surface area contributed by atoms with Crippen molar-refractivity contribution in [2.24, 2.45) is 0 Å². The first-order valence-corrected chi connectivity index (χ1v) is 8.26. The van der Waals surface area contributed by atoms with Crippen molar-refractivity contribution in [1.29, 1.82) is 0 Å². The van der Waals surface area contributed by atoms with Crippen LogP contribution < -0.4 is 4.74 Å². The van der Waals surface area contributed by atoms with E-state index in [-0.39, 0.29) is 5.92 Å². The predicted molar refractivity (Wildman–Crippen MR) is 95.8 cm³/mol. The molecule has 1 N–H and O–H groups in total. The lowest BCUT2D eigenvalue weighted by Crippen LogP contribution is -2.10. The molecule has 0 aromatic heterocycles. The molecule has 0 radical (unpaired) electrons. The summed E-state index contributed by atoms with van der Waals surface area (Å²) in [5.41, 5.74) is 3.36. The molecule has 0 saturated heterocycles. The van der Waals surface area contributed by atoms with Crippen molar-refractivity contribution in [3.8, 4) is 5.75 Å². The maximum Gasteiger partial charge on any atom is 0.119 e. The average Bonchev–Trinajstić information content (AvgIpc) is 2.63. The number of aliphatic hydroxyl groups excluding tert-OH is 1. The normalized spacial score (nSPS) is 13.2. The van der Waals surface area contributed by atoms with Gasteiger partial charge in [0, 0.05) is 5.92 Å². The summed E-state index contributed by atoms with van der Waals surface area (Å²) in [5.74, 6) is 0.734. The van der Waals surface area contributed by atoms with Crippen LogP contribution in [0.3, 0.4) is 0 Å². The first kappa shape index (κ1) is 17.3. The van der Waals surface area contributed by atoms with Gasteiger partial charge in [-0.1, -0.05) is 68.0 Å². The number of aliphatic hydroxyl groups is 1. The number of hydrogen-bond donors (Lipinski definition) is 1. The molecule has 0 bridgehead atoms. The number of benzene rings is 2. The van der Waals surface area contributed by atoms with Crippen LogP contribution in [0.15, 0.2) is 66.2 Å². The van der Waals surface area contributed by atoms with E-state index < -0.39 is 6.10 Å². The lowest BCUT2D eigenvalue weighted by atomic mass is 9.86. The van der Waals surface area contributed by atoms with Crippen molar-refractivity contribution in [3.63, 3.8) is 0 Å². The van der Waals surface area contributed by atoms with Crippen molar-refractivity contribution >= 4 is 0 Å². The first-order chi connectivity index (χ1) is 11.2. The molecule has 0 aliphatic rings. The number of ether oxygens (including phenoxy) is 1. The average molecular weight is 310 g/mol. The van der Waals surface area contributed by atoms with Gasteiger partial charge in [0.1, 0.15) is 5.75 Å². The molecule has 2 heteroatoms. The van der Waals surface area contributed by atoms with E-state index in [0.29, 0.717) is 0 Å². The molecular formula is C21H26O2. The first-order valence-electron chi connectivity index (χ1n) is 8.26. The molecule has 0 aliphatic carbocycles. The van der Waals surface area contributed by atoms with Crippen LogP contribution in [0.4, 0.5) is 0 Å². The molecule has 2 atom stereocenters. The van der Waals surface area contributed by atoms with Crippen LogP contribution in [-0.4, -0.2) is 12.2 Å². The van der Waals surface area contributed by atoms with Gasteiger partial charge in [-0.3, -0.25) is 0 Å². The Kier molecular flexibility index (Phi) is 6.42. The summed E-state index contributed by atoms with van der Waals surface area (Å²) >= 11 is 0. The van der Waals surface area contributed by atoms with Crippen LogP contribution in [0.2, 0.25) is 0 Å². The van der Waals surface area contributed by atoms with Gasteiger partial charge >= 0.3 is 0 Å². The second kappa shape index (κ2) is 8.54. The minimum atomic E-state index is -0.573. The Balaban J connectivity index is 2.44. The predicted octanol–water partition coefficient (Wildman–Crippen LogP) is 5.26. The van der Waals surface area contributed by atoms with Gasteiger partial charge in [0.2, 0.25) is 0 Å². The molecule has 23 heavy (non-hydrogen) atoms. The van der Waals surface area contributed by atoms with Crippen LogP contribution >= 0.6 is 0 Å². The summed E-state index contributed by atoms with van der Waals surface area (Å²) < 4.78 is 5.35. The summed E-state index contributed by atoms with van der Waals surface area (Å²) in [5, 5.41) is 11.0. The van der Waals surface area contributed by atoms with Gasteiger partial charge in [0.05, 0.1) is 13.2 Å². The molecule has 0 amide bonds. The summed E-state index contributed by atoms with van der Waals surface area (Å²) in [4.78, 5) is 0. The Morgan fingerprint density at radius 3 is 2.26 bits per heavy atom. The molecule has 0 aliphatic heterocycles. The van der Waals surface area contributed by atoms with E-state index in [0.717, 1.165) is 29.7 Å². The van der Waals surface area contributed by atoms with Gasteiger partial charge in [-0.15, -0.1) is 0 Å². The minimum Gasteiger partial charge on any atom is -0.497 e. The monoisotopic (exact) mass is 310 g/mol. The molecule has 2 rings (SSSR count). The van der Waals surface area contributed by atoms with E-state index in [1.807, 2.05) is 48.5 Å². The lowest BCUT2D eigenvalue weighted by Gasteiger charge is -2.23. The highest BCUT2D eigenvalue weighted by molar-refractivity contribution is 5.36. The van der Waals surface area contributed by atoms with Crippen LogP contribution in [0, 0.1) is 0 Å². The van der Waals surface area contributed by atoms with E-state index in [9.17, 15) is 5.11 Å². The quantitative estimate of drug-likeness (QED) is 0.707. The van der Waals surface area contributed by atoms with Crippen molar-refractivity contribution in [2.45, 2.75) is 38.7 Å². The largest absolute Gasteiger partial charge is 0.497 e. The lowest BCUT2D eigenvalue weighted by molar-refractivity contribution is 0.161. The zero-order valence-electron chi connectivity index (χ0n) is 14.2. The van der Waals surface area contributed by atoms with Crippen LogP contribution in [0.5, 0.6) is 5.75 Å². The van der Waals surface area contributed by atoms with E-state index in [1.54, 1.807) is 7.11 Å². The molecule has 122 valence electrons. The Bertz CT molecular complexity index is 625. The second-order valence-electron chi connectivity index (χ2n) is 5.69. The van der Waals surface area contributed by atoms with Gasteiger partial charge in [-0.05, 0) is 36.1 Å². The smallest absolute Gasteiger partial charge is 0.119 e. The maximum atomic E-state index is 11.0. The molecule has 2 nitrogen and oxygen atoms in total. The number of hydrogen-bond acceptors (Lipinski definition) is 2. The van der Waals surface area contributed by atoms with Crippen molar-refractivity contribution in [3.05, 3.63) is 77.4 Å². The molecule has 0 heterocycles. The highest BCUT2D eigenvalue weighted by atomic mass is 16.5. The fourth-order valence-electron chi connectivity index (χ4n) is 2.82. The molecule has 0 saturated carbocycles. The topological polar surface area (TPSA) is 29.5 Å². The van der Waals surface area contributed by atoms with Gasteiger partial charge in [-0.25, -0.2) is 0 Å². The SMILES string of the molecule is CCC(=C[C@@H](c1cccc(OC)c1)[C@@H](O)c1ccccc1)CC. The van der Waals surface area contributed by atoms with Gasteiger partial charge in [-0.2, -0.15) is 0 Å². The number of methoxy groups -OCH3 is 1. The third-order valence-electron chi connectivity index (χ3n) is 4.28. The van der Waals surface area contributed by atoms with Crippen LogP contribution in [0.25, 0.3) is 0 Å². The maximum absolute atomic E-state index is 11.0. The van der Waals surface area contributed by atoms with Crippen LogP contribution in [0.1, 0.15) is 49.8 Å². The van der Waals surface area contributed by atoms with E-state index >= 15 is 0 Å². The summed E-state index contributed by atoms with van der Waals surface area (Å²) in [6.07, 6.45) is 3.64.